The van der Waals surface area contributed by atoms with Gasteiger partial charge in [0, 0.05) is 17.0 Å². The van der Waals surface area contributed by atoms with Gasteiger partial charge in [0.05, 0.1) is 17.8 Å². The van der Waals surface area contributed by atoms with Crippen molar-refractivity contribution >= 4 is 16.8 Å². The largest absolute Gasteiger partial charge is 0.490 e. The Labute approximate surface area is 142 Å². The predicted molar refractivity (Wildman–Crippen MR) is 86.3 cm³/mol. The van der Waals surface area contributed by atoms with Gasteiger partial charge >= 0.3 is 6.18 Å². The Morgan fingerprint density at radius 3 is 2.72 bits per heavy atom. The number of aromatic nitrogens is 2. The number of amides is 1. The Hall–Kier alpha value is -2.25. The minimum Gasteiger partial charge on any atom is -0.490 e. The Bertz CT molecular complexity index is 749. The van der Waals surface area contributed by atoms with E-state index in [9.17, 15) is 18.0 Å². The normalized spacial score (nSPS) is 21.3. The highest BCUT2D eigenvalue weighted by Gasteiger charge is 2.32. The van der Waals surface area contributed by atoms with Crippen molar-refractivity contribution in [3.8, 4) is 5.75 Å². The van der Waals surface area contributed by atoms with Crippen LogP contribution in [0.3, 0.4) is 0 Å². The number of hydrogen-bond acceptors (Lipinski definition) is 3. The topological polar surface area (TPSA) is 67.0 Å². The number of carbonyl (C=O) groups excluding carboxylic acids is 1. The van der Waals surface area contributed by atoms with E-state index in [0.29, 0.717) is 25.7 Å². The van der Waals surface area contributed by atoms with Crippen molar-refractivity contribution in [2.24, 2.45) is 0 Å². The van der Waals surface area contributed by atoms with Gasteiger partial charge in [0.2, 0.25) is 5.91 Å². The molecule has 0 radical (unpaired) electrons. The molecule has 2 aromatic rings. The minimum absolute atomic E-state index is 0.00109. The molecule has 0 aliphatic heterocycles. The summed E-state index contributed by atoms with van der Waals surface area (Å²) < 4.78 is 42.7. The van der Waals surface area contributed by atoms with E-state index >= 15 is 0 Å². The summed E-state index contributed by atoms with van der Waals surface area (Å²) in [6, 6.07) is 3.59. The van der Waals surface area contributed by atoms with E-state index in [1.807, 2.05) is 19.1 Å². The van der Waals surface area contributed by atoms with Crippen LogP contribution >= 0.6 is 0 Å². The molecule has 0 saturated heterocycles. The summed E-state index contributed by atoms with van der Waals surface area (Å²) in [5, 5.41) is 10.4. The summed E-state index contributed by atoms with van der Waals surface area (Å²) in [5.41, 5.74) is 1.95. The fraction of sp³-hybridized carbons (Fsp3) is 0.529. The number of aryl methyl sites for hydroxylation is 1. The number of benzene rings is 1. The van der Waals surface area contributed by atoms with E-state index in [4.69, 9.17) is 4.74 Å². The van der Waals surface area contributed by atoms with Crippen LogP contribution in [0.1, 0.15) is 37.7 Å². The van der Waals surface area contributed by atoms with Crippen molar-refractivity contribution in [1.29, 1.82) is 0 Å². The number of hydrogen-bond donors (Lipinski definition) is 2. The van der Waals surface area contributed by atoms with Crippen molar-refractivity contribution in [3.63, 3.8) is 0 Å². The van der Waals surface area contributed by atoms with Crippen LogP contribution in [-0.2, 0) is 4.79 Å². The molecule has 0 bridgehead atoms. The summed E-state index contributed by atoms with van der Waals surface area (Å²) in [7, 11) is 0. The zero-order valence-corrected chi connectivity index (χ0v) is 13.8. The highest BCUT2D eigenvalue weighted by molar-refractivity contribution is 5.83. The van der Waals surface area contributed by atoms with Crippen LogP contribution in [0.2, 0.25) is 0 Å². The lowest BCUT2D eigenvalue weighted by Gasteiger charge is -2.30. The maximum Gasteiger partial charge on any atom is 0.397 e. The molecule has 1 heterocycles. The molecule has 0 unspecified atom stereocenters. The first kappa shape index (κ1) is 17.6. The molecule has 2 N–H and O–H groups in total. The van der Waals surface area contributed by atoms with Gasteiger partial charge in [-0.3, -0.25) is 9.89 Å². The van der Waals surface area contributed by atoms with Crippen LogP contribution in [0.15, 0.2) is 18.3 Å². The third-order valence-electron chi connectivity index (χ3n) is 4.54. The van der Waals surface area contributed by atoms with Crippen LogP contribution in [-0.4, -0.2) is 34.4 Å². The summed E-state index contributed by atoms with van der Waals surface area (Å²) >= 11 is 0. The maximum absolute atomic E-state index is 12.2. The van der Waals surface area contributed by atoms with Crippen molar-refractivity contribution in [1.82, 2.24) is 15.5 Å². The van der Waals surface area contributed by atoms with Gasteiger partial charge < -0.3 is 10.1 Å². The smallest absolute Gasteiger partial charge is 0.397 e. The van der Waals surface area contributed by atoms with E-state index in [2.05, 4.69) is 15.5 Å². The Morgan fingerprint density at radius 1 is 1.32 bits per heavy atom. The molecule has 5 nitrogen and oxygen atoms in total. The second kappa shape index (κ2) is 6.93. The zero-order valence-electron chi connectivity index (χ0n) is 13.8. The lowest BCUT2D eigenvalue weighted by Crippen LogP contribution is -2.41. The molecule has 1 aliphatic rings. The number of ether oxygens (including phenoxy) is 1. The van der Waals surface area contributed by atoms with Crippen LogP contribution in [0.5, 0.6) is 5.75 Å². The highest BCUT2D eigenvalue weighted by atomic mass is 19.4. The van der Waals surface area contributed by atoms with E-state index in [1.165, 1.54) is 0 Å². The van der Waals surface area contributed by atoms with Crippen LogP contribution in [0.25, 0.3) is 10.9 Å². The van der Waals surface area contributed by atoms with E-state index in [1.54, 1.807) is 6.20 Å². The molecule has 1 saturated carbocycles. The van der Waals surface area contributed by atoms with Gasteiger partial charge in [-0.15, -0.1) is 0 Å². The van der Waals surface area contributed by atoms with Gasteiger partial charge in [-0.05, 0) is 44.7 Å². The SMILES string of the molecule is Cc1c(OC2CCC(NC(=O)CC(F)(F)F)CC2)ccc2[nH]ncc12. The quantitative estimate of drug-likeness (QED) is 0.880. The van der Waals surface area contributed by atoms with Crippen LogP contribution in [0.4, 0.5) is 13.2 Å². The summed E-state index contributed by atoms with van der Waals surface area (Å²) in [4.78, 5) is 11.4. The number of nitrogens with zero attached hydrogens (tertiary/aromatic N) is 1. The number of nitrogens with one attached hydrogen (secondary N) is 2. The fourth-order valence-corrected chi connectivity index (χ4v) is 3.23. The molecule has 3 rings (SSSR count). The number of aromatic amines is 1. The molecular formula is C17H20F3N3O2. The molecule has 1 fully saturated rings. The zero-order chi connectivity index (χ0) is 18.0. The number of carbonyl (C=O) groups is 1. The van der Waals surface area contributed by atoms with Crippen molar-refractivity contribution < 1.29 is 22.7 Å². The summed E-state index contributed by atoms with van der Waals surface area (Å²) in [5.74, 6) is -0.170. The molecular weight excluding hydrogens is 335 g/mol. The first-order chi connectivity index (χ1) is 11.8. The van der Waals surface area contributed by atoms with Crippen molar-refractivity contribution in [3.05, 3.63) is 23.9 Å². The van der Waals surface area contributed by atoms with Gasteiger partial charge in [-0.1, -0.05) is 0 Å². The van der Waals surface area contributed by atoms with E-state index < -0.39 is 18.5 Å². The first-order valence-electron chi connectivity index (χ1n) is 8.27. The molecule has 25 heavy (non-hydrogen) atoms. The van der Waals surface area contributed by atoms with Gasteiger partial charge in [0.25, 0.3) is 0 Å². The monoisotopic (exact) mass is 355 g/mol. The maximum atomic E-state index is 12.2. The molecule has 8 heteroatoms. The Morgan fingerprint density at radius 2 is 2.04 bits per heavy atom. The number of halogens is 3. The van der Waals surface area contributed by atoms with E-state index in [0.717, 1.165) is 22.2 Å². The minimum atomic E-state index is -4.46. The number of rotatable bonds is 4. The van der Waals surface area contributed by atoms with Gasteiger partial charge in [-0.2, -0.15) is 18.3 Å². The van der Waals surface area contributed by atoms with Gasteiger partial charge in [-0.25, -0.2) is 0 Å². The molecule has 1 amide bonds. The molecule has 0 spiro atoms. The predicted octanol–water partition coefficient (Wildman–Crippen LogP) is 3.63. The van der Waals surface area contributed by atoms with E-state index in [-0.39, 0.29) is 12.1 Å². The summed E-state index contributed by atoms with van der Waals surface area (Å²) in [6.45, 7) is 1.97. The van der Waals surface area contributed by atoms with Gasteiger partial charge in [0.15, 0.2) is 0 Å². The number of alkyl halides is 3. The number of fused-ring (bicyclic) bond motifs is 1. The average molecular weight is 355 g/mol. The van der Waals surface area contributed by atoms with Gasteiger partial charge in [0.1, 0.15) is 12.2 Å². The second-order valence-corrected chi connectivity index (χ2v) is 6.47. The highest BCUT2D eigenvalue weighted by Crippen LogP contribution is 2.30. The van der Waals surface area contributed by atoms with Crippen LogP contribution in [0, 0.1) is 6.92 Å². The standard InChI is InChI=1S/C17H20F3N3O2/c1-10-13-9-21-23-14(13)6-7-15(10)25-12-4-2-11(3-5-12)22-16(24)8-17(18,19)20/h6-7,9,11-12H,2-5,8H2,1H3,(H,21,23)(H,22,24). The number of H-pyrrole nitrogens is 1. The molecule has 1 aromatic heterocycles. The second-order valence-electron chi connectivity index (χ2n) is 6.47. The molecule has 1 aliphatic carbocycles. The summed E-state index contributed by atoms with van der Waals surface area (Å²) in [6.07, 6.45) is -1.52. The Balaban J connectivity index is 1.52. The molecule has 1 aromatic carbocycles. The third-order valence-corrected chi connectivity index (χ3v) is 4.54. The third kappa shape index (κ3) is 4.43. The van der Waals surface area contributed by atoms with Crippen LogP contribution < -0.4 is 10.1 Å². The fourth-order valence-electron chi connectivity index (χ4n) is 3.23. The molecule has 136 valence electrons. The lowest BCUT2D eigenvalue weighted by atomic mass is 9.92. The molecule has 0 atom stereocenters. The van der Waals surface area contributed by atoms with Crippen molar-refractivity contribution in [2.75, 3.05) is 0 Å². The van der Waals surface area contributed by atoms with Crippen molar-refractivity contribution in [2.45, 2.75) is 57.3 Å². The average Bonchev–Trinajstić information content (AvgIpc) is 2.99. The lowest BCUT2D eigenvalue weighted by molar-refractivity contribution is -0.154. The Kier molecular flexibility index (Phi) is 4.87. The first-order valence-corrected chi connectivity index (χ1v) is 8.27.